The molecule has 129 heavy (non-hydrogen) atoms. The summed E-state index contributed by atoms with van der Waals surface area (Å²) in [5.41, 5.74) is 14.2. The fourth-order valence-electron chi connectivity index (χ4n) is 13.2. The van der Waals surface area contributed by atoms with Gasteiger partial charge in [0.2, 0.25) is 88.6 Å². The molecular formula is C85H124N20O22S2. The monoisotopic (exact) mass is 1840 g/mol. The van der Waals surface area contributed by atoms with E-state index in [2.05, 4.69) is 100 Å². The van der Waals surface area contributed by atoms with Crippen LogP contribution in [0, 0.1) is 30.1 Å². The van der Waals surface area contributed by atoms with Crippen LogP contribution in [-0.2, 0) is 115 Å². The summed E-state index contributed by atoms with van der Waals surface area (Å²) in [6.45, 7) is 13.8. The normalized spacial score (nSPS) is 21.1. The standard InChI is InChI=1S/C85H124N20O22S2/c1-10-11-12-21-68(107)89-24-26-124-28-30-126-32-33-127-31-29-125-27-25-90-69(108)23-22-60-78(116)99-62(35-48(4)5)82(120)104-72(49(6)7)85(123)101-64(37-53-41-92-59-20-16-14-18-56(53)59)80(118)103-67(84(122)105-73(51(9)106)74(87)112)45-129-128-44-66(102-76(114)57(86)39-71(110)111)83(121)95-50(8)75(113)97-63(36-52-40-91-58-19-15-13-17-55(52)58)79(117)100-65(38-54-42-88-46-94-54)81(119)98-61(34-47(2)3)77(115)93-43-70(109)96-60/h1,13-20,40-42,46-51,57,60-67,72-73,91-92,106H,11-12,21-39,43-45,86H2,2-9H3,(H2,87,112)(H,88,94)(H,89,107)(H,90,108)(H,93,115)(H,95,121)(H,96,109)(H,97,113)(H,98,119)(H,99,116)(H,100,117)(H,101,123)(H,102,114)(H,103,118)(H,104,120)(H,105,122)(H,110,111)/t50-,51+,57-,60-,61?,62-,63-,64-,65-,66-,67-,72-,73-/m0/s1. The molecule has 15 amide bonds. The molecule has 1 saturated heterocycles. The molecule has 4 heterocycles. The molecule has 1 fully saturated rings. The van der Waals surface area contributed by atoms with Crippen LogP contribution in [0.3, 0.4) is 0 Å². The molecule has 23 N–H and O–H groups in total. The number of imidazole rings is 1. The third-order valence-electron chi connectivity index (χ3n) is 20.1. The predicted molar refractivity (Wildman–Crippen MR) is 477 cm³/mol. The quantitative estimate of drug-likeness (QED) is 0.0110. The van der Waals surface area contributed by atoms with Crippen molar-refractivity contribution in [3.05, 3.63) is 90.3 Å². The first-order valence-corrected chi connectivity index (χ1v) is 45.2. The van der Waals surface area contributed by atoms with Crippen LogP contribution in [0.1, 0.15) is 124 Å². The molecule has 13 atom stereocenters. The van der Waals surface area contributed by atoms with Crippen LogP contribution >= 0.6 is 21.6 Å². The Morgan fingerprint density at radius 2 is 1.06 bits per heavy atom. The highest BCUT2D eigenvalue weighted by Crippen LogP contribution is 2.26. The number of hydrogen-bond donors (Lipinski definition) is 21. The number of amides is 15. The molecule has 42 nitrogen and oxygen atoms in total. The Morgan fingerprint density at radius 1 is 0.574 bits per heavy atom. The van der Waals surface area contributed by atoms with Crippen molar-refractivity contribution in [2.24, 2.45) is 29.2 Å². The van der Waals surface area contributed by atoms with Crippen LogP contribution in [0.25, 0.3) is 21.8 Å². The molecule has 0 spiro atoms. The summed E-state index contributed by atoms with van der Waals surface area (Å²) in [4.78, 5) is 240. The molecule has 6 rings (SSSR count). The number of carboxylic acids is 1. The minimum atomic E-state index is -1.74. The first-order valence-electron chi connectivity index (χ1n) is 42.7. The highest BCUT2D eigenvalue weighted by Gasteiger charge is 2.39. The number of benzene rings is 2. The Kier molecular flexibility index (Phi) is 45.9. The second-order valence-corrected chi connectivity index (χ2v) is 34.6. The van der Waals surface area contributed by atoms with Gasteiger partial charge in [-0.2, -0.15) is 0 Å². The van der Waals surface area contributed by atoms with Crippen molar-refractivity contribution in [2.75, 3.05) is 84.0 Å². The second-order valence-electron chi connectivity index (χ2n) is 32.0. The first kappa shape index (κ1) is 106. The molecule has 2 aromatic carbocycles. The number of unbranched alkanes of at least 4 members (excludes halogenated alkanes) is 1. The van der Waals surface area contributed by atoms with Crippen molar-refractivity contribution in [3.8, 4) is 12.3 Å². The number of aliphatic hydroxyl groups excluding tert-OH is 1. The van der Waals surface area contributed by atoms with Crippen molar-refractivity contribution in [1.82, 2.24) is 94.4 Å². The molecule has 3 aromatic heterocycles. The highest BCUT2D eigenvalue weighted by atomic mass is 33.1. The highest BCUT2D eigenvalue weighted by molar-refractivity contribution is 8.76. The van der Waals surface area contributed by atoms with E-state index in [0.29, 0.717) is 84.3 Å². The van der Waals surface area contributed by atoms with Crippen molar-refractivity contribution in [3.63, 3.8) is 0 Å². The average Bonchev–Trinajstić information content (AvgIpc) is 1.68. The van der Waals surface area contributed by atoms with Crippen molar-refractivity contribution >= 4 is 138 Å². The molecule has 5 aromatic rings. The fraction of sp³-hybridized carbons (Fsp3) is 0.565. The maximum Gasteiger partial charge on any atom is 0.305 e. The summed E-state index contributed by atoms with van der Waals surface area (Å²) in [7, 11) is 1.60. The Hall–Kier alpha value is -11.7. The van der Waals surface area contributed by atoms with Gasteiger partial charge in [-0.3, -0.25) is 76.7 Å². The molecule has 44 heteroatoms. The molecular weight excluding hydrogens is 1720 g/mol. The minimum Gasteiger partial charge on any atom is -0.481 e. The number of aromatic amines is 3. The summed E-state index contributed by atoms with van der Waals surface area (Å²) < 4.78 is 22.2. The summed E-state index contributed by atoms with van der Waals surface area (Å²) in [6, 6.07) is -5.27. The third-order valence-corrected chi connectivity index (χ3v) is 22.5. The average molecular weight is 1840 g/mol. The number of aliphatic carboxylic acids is 1. The number of nitrogens with zero attached hydrogens (tertiary/aromatic N) is 1. The summed E-state index contributed by atoms with van der Waals surface area (Å²) in [6.07, 6.45) is 8.29. The second kappa shape index (κ2) is 55.9. The van der Waals surface area contributed by atoms with Gasteiger partial charge in [0.05, 0.1) is 84.3 Å². The largest absolute Gasteiger partial charge is 0.481 e. The zero-order valence-corrected chi connectivity index (χ0v) is 75.3. The number of rotatable bonds is 40. The smallest absolute Gasteiger partial charge is 0.305 e. The summed E-state index contributed by atoms with van der Waals surface area (Å²) in [5, 5.41) is 58.1. The molecule has 1 unspecified atom stereocenters. The molecule has 708 valence electrons. The molecule has 0 saturated carbocycles. The number of H-pyrrole nitrogens is 3. The van der Waals surface area contributed by atoms with E-state index in [-0.39, 0.29) is 89.4 Å². The zero-order valence-electron chi connectivity index (χ0n) is 73.7. The minimum absolute atomic E-state index is 0.000904. The van der Waals surface area contributed by atoms with Gasteiger partial charge >= 0.3 is 5.97 Å². The van der Waals surface area contributed by atoms with E-state index < -0.39 is 211 Å². The number of carbonyl (C=O) groups is 16. The van der Waals surface area contributed by atoms with Gasteiger partial charge in [-0.1, -0.05) is 99.5 Å². The number of terminal acetylenes is 1. The van der Waals surface area contributed by atoms with Gasteiger partial charge in [-0.25, -0.2) is 4.98 Å². The van der Waals surface area contributed by atoms with Crippen LogP contribution in [0.2, 0.25) is 0 Å². The summed E-state index contributed by atoms with van der Waals surface area (Å²) in [5.74, 6) is -15.2. The number of primary amides is 1. The van der Waals surface area contributed by atoms with Gasteiger partial charge in [0.25, 0.3) is 0 Å². The molecule has 1 aliphatic rings. The van der Waals surface area contributed by atoms with E-state index in [9.17, 15) is 72.5 Å². The van der Waals surface area contributed by atoms with Crippen molar-refractivity contribution in [1.29, 1.82) is 0 Å². The van der Waals surface area contributed by atoms with E-state index in [1.807, 2.05) is 0 Å². The lowest BCUT2D eigenvalue weighted by Crippen LogP contribution is -2.61. The molecule has 1 aliphatic heterocycles. The van der Waals surface area contributed by atoms with Crippen LogP contribution in [-0.4, -0.2) is 287 Å². The predicted octanol–water partition coefficient (Wildman–Crippen LogP) is -2.44. The maximum atomic E-state index is 15.2. The number of fused-ring (bicyclic) bond motifs is 2. The lowest BCUT2D eigenvalue weighted by molar-refractivity contribution is -0.140. The number of para-hydroxylation sites is 2. The van der Waals surface area contributed by atoms with Crippen LogP contribution in [0.5, 0.6) is 0 Å². The Labute approximate surface area is 754 Å². The number of hydrogen-bond acceptors (Lipinski definition) is 25. The third kappa shape index (κ3) is 37.9. The number of carboxylic acid groups (broad SMARTS) is 1. The van der Waals surface area contributed by atoms with E-state index in [1.165, 1.54) is 19.4 Å². The first-order chi connectivity index (χ1) is 61.5. The zero-order chi connectivity index (χ0) is 94.7. The lowest BCUT2D eigenvalue weighted by Gasteiger charge is -2.29. The number of nitrogens with two attached hydrogens (primary N) is 2. The Morgan fingerprint density at radius 3 is 1.58 bits per heavy atom. The number of nitrogens with one attached hydrogen (secondary N) is 17. The SMILES string of the molecule is C#CCCCC(=O)NCCOCCOCCOCCOCCNC(=O)CC[C@@H]1NC(=O)CNC(=O)C(CC(C)C)NC(=O)[C@H](Cc2cnc[nH]2)NC(=O)[C@H](Cc2c[nH]c3ccccc23)NC(=O)[C@H](C)NC(=O)[C@@H](NC(=O)[C@@H](N)CC(=O)O)CSSC[C@@H](C(=O)N[C@H](C(N)=O)[C@@H](C)O)NC(=O)[C@H](Cc2c[nH]c3ccccc23)NC(=O)[C@H](C(C)C)NC(=O)[C@H](CC(C)C)NC1=O. The van der Waals surface area contributed by atoms with Gasteiger partial charge in [0.15, 0.2) is 0 Å². The van der Waals surface area contributed by atoms with Gasteiger partial charge in [0.1, 0.15) is 66.5 Å². The number of aromatic nitrogens is 4. The van der Waals surface area contributed by atoms with E-state index >= 15 is 14.4 Å². The number of carbonyl (C=O) groups excluding carboxylic acids is 15. The van der Waals surface area contributed by atoms with Gasteiger partial charge in [-0.15, -0.1) is 12.3 Å². The Balaban J connectivity index is 1.34. The van der Waals surface area contributed by atoms with Gasteiger partial charge < -0.3 is 130 Å². The van der Waals surface area contributed by atoms with Crippen molar-refractivity contribution < 1.29 is 106 Å². The van der Waals surface area contributed by atoms with Crippen LogP contribution in [0.4, 0.5) is 0 Å². The molecule has 0 aliphatic carbocycles. The fourth-order valence-corrected chi connectivity index (χ4v) is 15.6. The molecule has 0 bridgehead atoms. The topological polar surface area (TPSA) is 631 Å². The van der Waals surface area contributed by atoms with Gasteiger partial charge in [0, 0.05) is 109 Å². The van der Waals surface area contributed by atoms with E-state index in [4.69, 9.17) is 36.8 Å². The van der Waals surface area contributed by atoms with E-state index in [1.54, 1.807) is 102 Å². The van der Waals surface area contributed by atoms with Gasteiger partial charge in [-0.05, 0) is 80.5 Å². The van der Waals surface area contributed by atoms with Crippen molar-refractivity contribution in [2.45, 2.75) is 205 Å². The molecule has 0 radical (unpaired) electrons. The number of aliphatic hydroxyl groups is 1. The lowest BCUT2D eigenvalue weighted by atomic mass is 9.98. The summed E-state index contributed by atoms with van der Waals surface area (Å²) >= 11 is 0. The Bertz CT molecular complexity index is 4600. The number of ether oxygens (including phenoxy) is 4. The van der Waals surface area contributed by atoms with E-state index in [0.717, 1.165) is 28.5 Å². The van der Waals surface area contributed by atoms with Crippen LogP contribution < -0.4 is 85.9 Å². The maximum absolute atomic E-state index is 15.2. The van der Waals surface area contributed by atoms with Crippen LogP contribution in [0.15, 0.2) is 73.4 Å².